The lowest BCUT2D eigenvalue weighted by molar-refractivity contribution is -0.113. The Labute approximate surface area is 161 Å². The fraction of sp³-hybridized carbons (Fsp3) is 0.368. The van der Waals surface area contributed by atoms with Crippen LogP contribution in [0.15, 0.2) is 46.2 Å². The van der Waals surface area contributed by atoms with Crippen LogP contribution in [0.4, 0.5) is 5.82 Å². The first kappa shape index (κ1) is 17.8. The Bertz CT molecular complexity index is 930. The molecule has 0 bridgehead atoms. The number of hydrogen-bond acceptors (Lipinski definition) is 6. The van der Waals surface area contributed by atoms with Crippen molar-refractivity contribution in [3.63, 3.8) is 0 Å². The van der Waals surface area contributed by atoms with Crippen molar-refractivity contribution in [2.24, 2.45) is 0 Å². The normalized spacial score (nSPS) is 14.6. The van der Waals surface area contributed by atoms with E-state index in [0.717, 1.165) is 29.8 Å². The predicted octanol–water partition coefficient (Wildman–Crippen LogP) is 4.09. The molecule has 0 radical (unpaired) electrons. The summed E-state index contributed by atoms with van der Waals surface area (Å²) in [6, 6.07) is 10.1. The van der Waals surface area contributed by atoms with Gasteiger partial charge in [0.1, 0.15) is 5.82 Å². The summed E-state index contributed by atoms with van der Waals surface area (Å²) in [7, 11) is 0. The molecule has 0 saturated heterocycles. The summed E-state index contributed by atoms with van der Waals surface area (Å²) < 4.78 is 7.59. The molecule has 1 saturated carbocycles. The first-order chi connectivity index (χ1) is 13.2. The molecule has 1 aliphatic rings. The summed E-state index contributed by atoms with van der Waals surface area (Å²) in [5.41, 5.74) is 2.00. The Hall–Kier alpha value is -2.61. The van der Waals surface area contributed by atoms with E-state index in [-0.39, 0.29) is 11.7 Å². The van der Waals surface area contributed by atoms with E-state index in [2.05, 4.69) is 20.6 Å². The lowest BCUT2D eigenvalue weighted by Crippen LogP contribution is -2.19. The second-order valence-corrected chi connectivity index (χ2v) is 7.61. The van der Waals surface area contributed by atoms with Crippen LogP contribution >= 0.6 is 11.8 Å². The second-order valence-electron chi connectivity index (χ2n) is 6.68. The summed E-state index contributed by atoms with van der Waals surface area (Å²) in [5, 5.41) is 15.8. The summed E-state index contributed by atoms with van der Waals surface area (Å²) in [6.07, 6.45) is 6.39. The highest BCUT2D eigenvalue weighted by Crippen LogP contribution is 2.31. The number of nitrogens with zero attached hydrogens (tertiary/aromatic N) is 4. The van der Waals surface area contributed by atoms with Crippen molar-refractivity contribution in [3.8, 4) is 11.5 Å². The number of thioether (sulfide) groups is 1. The topological polar surface area (TPSA) is 85.8 Å². The third-order valence-electron chi connectivity index (χ3n) is 4.61. The number of carbonyl (C=O) groups excluding carboxylic acids is 1. The first-order valence-electron chi connectivity index (χ1n) is 9.06. The summed E-state index contributed by atoms with van der Waals surface area (Å²) in [6.45, 7) is 2.01. The number of rotatable bonds is 6. The zero-order valence-electron chi connectivity index (χ0n) is 15.1. The van der Waals surface area contributed by atoms with Gasteiger partial charge < -0.3 is 9.73 Å². The van der Waals surface area contributed by atoms with Crippen molar-refractivity contribution in [2.75, 3.05) is 11.1 Å². The van der Waals surface area contributed by atoms with Crippen molar-refractivity contribution in [3.05, 3.63) is 42.1 Å². The fourth-order valence-corrected chi connectivity index (χ4v) is 3.89. The van der Waals surface area contributed by atoms with Gasteiger partial charge in [-0.15, -0.1) is 10.2 Å². The predicted molar refractivity (Wildman–Crippen MR) is 104 cm³/mol. The smallest absolute Gasteiger partial charge is 0.277 e. The molecule has 140 valence electrons. The molecule has 0 aliphatic heterocycles. The molecule has 1 amide bonds. The van der Waals surface area contributed by atoms with Crippen LogP contribution < -0.4 is 5.32 Å². The van der Waals surface area contributed by atoms with E-state index in [1.54, 1.807) is 6.20 Å². The van der Waals surface area contributed by atoms with Crippen LogP contribution in [-0.2, 0) is 4.79 Å². The van der Waals surface area contributed by atoms with Gasteiger partial charge in [-0.3, -0.25) is 4.79 Å². The van der Waals surface area contributed by atoms with Crippen molar-refractivity contribution < 1.29 is 9.21 Å². The quantitative estimate of drug-likeness (QED) is 0.645. The van der Waals surface area contributed by atoms with Gasteiger partial charge in [0, 0.05) is 11.6 Å². The fourth-order valence-electron chi connectivity index (χ4n) is 3.32. The molecular formula is C19H21N5O2S. The molecule has 0 spiro atoms. The molecule has 1 fully saturated rings. The largest absolute Gasteiger partial charge is 0.411 e. The molecule has 0 unspecified atom stereocenters. The first-order valence-corrected chi connectivity index (χ1v) is 10.0. The van der Waals surface area contributed by atoms with Crippen molar-refractivity contribution in [1.29, 1.82) is 0 Å². The van der Waals surface area contributed by atoms with E-state index in [9.17, 15) is 4.79 Å². The molecule has 2 aromatic heterocycles. The van der Waals surface area contributed by atoms with Gasteiger partial charge in [0.05, 0.1) is 18.0 Å². The Kier molecular flexibility index (Phi) is 5.24. The molecule has 2 heterocycles. The highest BCUT2D eigenvalue weighted by Gasteiger charge is 2.20. The van der Waals surface area contributed by atoms with E-state index < -0.39 is 0 Å². The summed E-state index contributed by atoms with van der Waals surface area (Å²) in [5.74, 6) is 1.29. The molecular weight excluding hydrogens is 362 g/mol. The lowest BCUT2D eigenvalue weighted by atomic mass is 10.1. The van der Waals surface area contributed by atoms with E-state index in [0.29, 0.717) is 17.2 Å². The average Bonchev–Trinajstić information content (AvgIpc) is 3.41. The standard InChI is InChI=1S/C19H21N5O2S/c1-13-5-4-6-14(11-13)18-22-23-19(26-18)27-12-17(25)21-16-9-10-20-24(16)15-7-2-3-8-15/h4-6,9-11,15H,2-3,7-8,12H2,1H3,(H,21,25). The zero-order chi connectivity index (χ0) is 18.6. The van der Waals surface area contributed by atoms with E-state index >= 15 is 0 Å². The van der Waals surface area contributed by atoms with E-state index in [4.69, 9.17) is 4.42 Å². The van der Waals surface area contributed by atoms with Crippen LogP contribution in [0.5, 0.6) is 0 Å². The molecule has 3 aromatic rings. The average molecular weight is 383 g/mol. The number of hydrogen-bond donors (Lipinski definition) is 1. The Morgan fingerprint density at radius 2 is 2.15 bits per heavy atom. The van der Waals surface area contributed by atoms with Gasteiger partial charge in [0.2, 0.25) is 11.8 Å². The Balaban J connectivity index is 1.34. The third kappa shape index (κ3) is 4.21. The minimum atomic E-state index is -0.116. The van der Waals surface area contributed by atoms with Crippen LogP contribution in [0.1, 0.15) is 37.3 Å². The monoisotopic (exact) mass is 383 g/mol. The molecule has 1 N–H and O–H groups in total. The number of aromatic nitrogens is 4. The highest BCUT2D eigenvalue weighted by atomic mass is 32.2. The van der Waals surface area contributed by atoms with Crippen LogP contribution in [0.2, 0.25) is 0 Å². The summed E-state index contributed by atoms with van der Waals surface area (Å²) in [4.78, 5) is 12.3. The number of amides is 1. The maximum absolute atomic E-state index is 12.3. The Morgan fingerprint density at radius 3 is 2.96 bits per heavy atom. The van der Waals surface area contributed by atoms with Gasteiger partial charge >= 0.3 is 0 Å². The number of anilines is 1. The Morgan fingerprint density at radius 1 is 1.30 bits per heavy atom. The number of benzene rings is 1. The SMILES string of the molecule is Cc1cccc(-c2nnc(SCC(=O)Nc3ccnn3C3CCCC3)o2)c1. The van der Waals surface area contributed by atoms with Gasteiger partial charge in [0.15, 0.2) is 0 Å². The van der Waals surface area contributed by atoms with Gasteiger partial charge in [0.25, 0.3) is 5.22 Å². The highest BCUT2D eigenvalue weighted by molar-refractivity contribution is 7.99. The number of carbonyl (C=O) groups is 1. The van der Waals surface area contributed by atoms with Crippen molar-refractivity contribution in [2.45, 2.75) is 43.9 Å². The van der Waals surface area contributed by atoms with Crippen LogP contribution in [0.3, 0.4) is 0 Å². The lowest BCUT2D eigenvalue weighted by Gasteiger charge is -2.14. The molecule has 1 aromatic carbocycles. The van der Waals surface area contributed by atoms with Crippen LogP contribution in [0, 0.1) is 6.92 Å². The number of aryl methyl sites for hydroxylation is 1. The van der Waals surface area contributed by atoms with Crippen LogP contribution in [-0.4, -0.2) is 31.6 Å². The molecule has 0 atom stereocenters. The maximum Gasteiger partial charge on any atom is 0.277 e. The second kappa shape index (κ2) is 7.96. The maximum atomic E-state index is 12.3. The van der Waals surface area contributed by atoms with E-state index in [1.165, 1.54) is 24.6 Å². The molecule has 1 aliphatic carbocycles. The van der Waals surface area contributed by atoms with Crippen molar-refractivity contribution >= 4 is 23.5 Å². The molecule has 7 nitrogen and oxygen atoms in total. The third-order valence-corrected chi connectivity index (χ3v) is 5.43. The van der Waals surface area contributed by atoms with Gasteiger partial charge in [-0.1, -0.05) is 42.3 Å². The van der Waals surface area contributed by atoms with Gasteiger partial charge in [-0.2, -0.15) is 5.10 Å². The minimum Gasteiger partial charge on any atom is -0.411 e. The van der Waals surface area contributed by atoms with Crippen molar-refractivity contribution in [1.82, 2.24) is 20.0 Å². The van der Waals surface area contributed by atoms with Gasteiger partial charge in [-0.05, 0) is 31.9 Å². The summed E-state index contributed by atoms with van der Waals surface area (Å²) >= 11 is 1.23. The zero-order valence-corrected chi connectivity index (χ0v) is 15.9. The molecule has 27 heavy (non-hydrogen) atoms. The molecule has 8 heteroatoms. The van der Waals surface area contributed by atoms with E-state index in [1.807, 2.05) is 41.9 Å². The van der Waals surface area contributed by atoms with Crippen LogP contribution in [0.25, 0.3) is 11.5 Å². The molecule has 4 rings (SSSR count). The minimum absolute atomic E-state index is 0.116. The van der Waals surface area contributed by atoms with Gasteiger partial charge in [-0.25, -0.2) is 4.68 Å². The number of nitrogens with one attached hydrogen (secondary N) is 1.